The highest BCUT2D eigenvalue weighted by molar-refractivity contribution is 5.43. The molecule has 1 heterocycles. The van der Waals surface area contributed by atoms with Gasteiger partial charge in [0.05, 0.1) is 0 Å². The summed E-state index contributed by atoms with van der Waals surface area (Å²) >= 11 is 0. The van der Waals surface area contributed by atoms with Crippen molar-refractivity contribution in [3.05, 3.63) is 53.7 Å². The fourth-order valence-electron chi connectivity index (χ4n) is 1.76. The van der Waals surface area contributed by atoms with Crippen LogP contribution >= 0.6 is 0 Å². The van der Waals surface area contributed by atoms with Gasteiger partial charge in [0.1, 0.15) is 18.2 Å². The van der Waals surface area contributed by atoms with Crippen molar-refractivity contribution >= 4 is 5.82 Å². The van der Waals surface area contributed by atoms with Gasteiger partial charge in [-0.1, -0.05) is 24.3 Å². The van der Waals surface area contributed by atoms with Crippen LogP contribution in [-0.2, 0) is 6.61 Å². The number of aryl methyl sites for hydroxylation is 1. The third kappa shape index (κ3) is 3.00. The second kappa shape index (κ2) is 6.05. The molecule has 0 aliphatic carbocycles. The molecule has 0 radical (unpaired) electrons. The van der Waals surface area contributed by atoms with Gasteiger partial charge in [-0.25, -0.2) is 4.98 Å². The van der Waals surface area contributed by atoms with E-state index in [0.29, 0.717) is 6.61 Å². The fourth-order valence-corrected chi connectivity index (χ4v) is 1.76. The minimum Gasteiger partial charge on any atom is -0.488 e. The zero-order valence-corrected chi connectivity index (χ0v) is 10.8. The van der Waals surface area contributed by atoms with Gasteiger partial charge in [0.2, 0.25) is 0 Å². The molecule has 0 atom stereocenters. The van der Waals surface area contributed by atoms with E-state index in [1.165, 1.54) is 0 Å². The van der Waals surface area contributed by atoms with Crippen LogP contribution in [0.2, 0.25) is 0 Å². The lowest BCUT2D eigenvalue weighted by molar-refractivity contribution is 0.304. The zero-order valence-electron chi connectivity index (χ0n) is 10.8. The predicted molar refractivity (Wildman–Crippen MR) is 73.9 cm³/mol. The van der Waals surface area contributed by atoms with Crippen molar-refractivity contribution in [2.45, 2.75) is 20.5 Å². The smallest absolute Gasteiger partial charge is 0.132 e. The summed E-state index contributed by atoms with van der Waals surface area (Å²) in [5.74, 6) is 1.82. The number of aromatic nitrogens is 1. The molecule has 0 saturated carbocycles. The highest BCUT2D eigenvalue weighted by Gasteiger charge is 2.04. The summed E-state index contributed by atoms with van der Waals surface area (Å²) in [7, 11) is 0. The monoisotopic (exact) mass is 242 g/mol. The van der Waals surface area contributed by atoms with Crippen LogP contribution in [0.1, 0.15) is 18.1 Å². The first kappa shape index (κ1) is 12.4. The molecule has 2 aromatic rings. The molecular formula is C15H18N2O. The van der Waals surface area contributed by atoms with Crippen LogP contribution in [0, 0.1) is 6.92 Å². The number of anilines is 1. The Morgan fingerprint density at radius 3 is 2.78 bits per heavy atom. The van der Waals surface area contributed by atoms with Crippen LogP contribution in [0.5, 0.6) is 5.75 Å². The molecule has 0 aliphatic rings. The molecule has 1 N–H and O–H groups in total. The first-order valence-corrected chi connectivity index (χ1v) is 6.17. The molecule has 0 unspecified atom stereocenters. The molecular weight excluding hydrogens is 224 g/mol. The molecule has 3 nitrogen and oxygen atoms in total. The van der Waals surface area contributed by atoms with E-state index >= 15 is 0 Å². The summed E-state index contributed by atoms with van der Waals surface area (Å²) in [5, 5.41) is 3.24. The second-order valence-electron chi connectivity index (χ2n) is 4.10. The SMILES string of the molecule is CCNc1ncccc1COc1ccccc1C. The van der Waals surface area contributed by atoms with Gasteiger partial charge in [-0.3, -0.25) is 0 Å². The van der Waals surface area contributed by atoms with E-state index in [4.69, 9.17) is 4.74 Å². The highest BCUT2D eigenvalue weighted by Crippen LogP contribution is 2.19. The van der Waals surface area contributed by atoms with Gasteiger partial charge in [0.25, 0.3) is 0 Å². The van der Waals surface area contributed by atoms with Gasteiger partial charge < -0.3 is 10.1 Å². The summed E-state index contributed by atoms with van der Waals surface area (Å²) in [6.45, 7) is 5.49. The summed E-state index contributed by atoms with van der Waals surface area (Å²) in [5.41, 5.74) is 2.22. The van der Waals surface area contributed by atoms with E-state index < -0.39 is 0 Å². The molecule has 1 aromatic carbocycles. The topological polar surface area (TPSA) is 34.2 Å². The number of hydrogen-bond donors (Lipinski definition) is 1. The number of rotatable bonds is 5. The first-order valence-electron chi connectivity index (χ1n) is 6.17. The molecule has 18 heavy (non-hydrogen) atoms. The largest absolute Gasteiger partial charge is 0.488 e. The average Bonchev–Trinajstić information content (AvgIpc) is 2.40. The van der Waals surface area contributed by atoms with Crippen LogP contribution < -0.4 is 10.1 Å². The van der Waals surface area contributed by atoms with E-state index in [1.807, 2.05) is 43.3 Å². The van der Waals surface area contributed by atoms with Crippen molar-refractivity contribution in [2.24, 2.45) is 0 Å². The number of para-hydroxylation sites is 1. The van der Waals surface area contributed by atoms with Crippen molar-refractivity contribution < 1.29 is 4.74 Å². The Hall–Kier alpha value is -2.03. The van der Waals surface area contributed by atoms with Crippen molar-refractivity contribution in [3.63, 3.8) is 0 Å². The molecule has 3 heteroatoms. The maximum Gasteiger partial charge on any atom is 0.132 e. The third-order valence-corrected chi connectivity index (χ3v) is 2.71. The van der Waals surface area contributed by atoms with Crippen LogP contribution in [0.3, 0.4) is 0 Å². The minimum absolute atomic E-state index is 0.529. The van der Waals surface area contributed by atoms with Gasteiger partial charge >= 0.3 is 0 Å². The quantitative estimate of drug-likeness (QED) is 0.872. The van der Waals surface area contributed by atoms with Crippen molar-refractivity contribution in [3.8, 4) is 5.75 Å². The van der Waals surface area contributed by atoms with Gasteiger partial charge in [0.15, 0.2) is 0 Å². The van der Waals surface area contributed by atoms with Crippen LogP contribution in [-0.4, -0.2) is 11.5 Å². The normalized spacial score (nSPS) is 10.1. The number of nitrogens with one attached hydrogen (secondary N) is 1. The molecule has 0 amide bonds. The molecule has 2 rings (SSSR count). The van der Waals surface area contributed by atoms with Crippen LogP contribution in [0.25, 0.3) is 0 Å². The Kier molecular flexibility index (Phi) is 4.18. The number of nitrogens with zero attached hydrogens (tertiary/aromatic N) is 1. The Bertz CT molecular complexity index is 511. The first-order chi connectivity index (χ1) is 8.81. The molecule has 94 valence electrons. The van der Waals surface area contributed by atoms with E-state index in [9.17, 15) is 0 Å². The predicted octanol–water partition coefficient (Wildman–Crippen LogP) is 3.40. The van der Waals surface area contributed by atoms with E-state index in [1.54, 1.807) is 6.20 Å². The molecule has 0 saturated heterocycles. The minimum atomic E-state index is 0.529. The van der Waals surface area contributed by atoms with Crippen molar-refractivity contribution in [1.82, 2.24) is 4.98 Å². The van der Waals surface area contributed by atoms with E-state index in [0.717, 1.165) is 29.2 Å². The number of benzene rings is 1. The molecule has 1 aromatic heterocycles. The number of ether oxygens (including phenoxy) is 1. The Labute approximate surface area is 108 Å². The average molecular weight is 242 g/mol. The molecule has 0 fully saturated rings. The van der Waals surface area contributed by atoms with Gasteiger partial charge in [-0.15, -0.1) is 0 Å². The third-order valence-electron chi connectivity index (χ3n) is 2.71. The summed E-state index contributed by atoms with van der Waals surface area (Å²) in [6, 6.07) is 12.0. The Balaban J connectivity index is 2.08. The fraction of sp³-hybridized carbons (Fsp3) is 0.267. The molecule has 0 spiro atoms. The summed E-state index contributed by atoms with van der Waals surface area (Å²) in [6.07, 6.45) is 1.79. The van der Waals surface area contributed by atoms with Gasteiger partial charge in [-0.2, -0.15) is 0 Å². The molecule has 0 bridgehead atoms. The molecule has 0 aliphatic heterocycles. The maximum absolute atomic E-state index is 5.83. The van der Waals surface area contributed by atoms with Gasteiger partial charge in [-0.05, 0) is 31.5 Å². The Morgan fingerprint density at radius 2 is 2.00 bits per heavy atom. The highest BCUT2D eigenvalue weighted by atomic mass is 16.5. The van der Waals surface area contributed by atoms with Crippen LogP contribution in [0.15, 0.2) is 42.6 Å². The lowest BCUT2D eigenvalue weighted by Gasteiger charge is -2.12. The van der Waals surface area contributed by atoms with Crippen molar-refractivity contribution in [2.75, 3.05) is 11.9 Å². The lowest BCUT2D eigenvalue weighted by Crippen LogP contribution is -2.05. The number of pyridine rings is 1. The second-order valence-corrected chi connectivity index (χ2v) is 4.10. The summed E-state index contributed by atoms with van der Waals surface area (Å²) in [4.78, 5) is 4.31. The zero-order chi connectivity index (χ0) is 12.8. The van der Waals surface area contributed by atoms with Crippen LogP contribution in [0.4, 0.5) is 5.82 Å². The summed E-state index contributed by atoms with van der Waals surface area (Å²) < 4.78 is 5.83. The van der Waals surface area contributed by atoms with Crippen molar-refractivity contribution in [1.29, 1.82) is 0 Å². The van der Waals surface area contributed by atoms with E-state index in [-0.39, 0.29) is 0 Å². The lowest BCUT2D eigenvalue weighted by atomic mass is 10.2. The number of hydrogen-bond acceptors (Lipinski definition) is 3. The van der Waals surface area contributed by atoms with Gasteiger partial charge in [0, 0.05) is 18.3 Å². The standard InChI is InChI=1S/C15H18N2O/c1-3-16-15-13(8-6-10-17-15)11-18-14-9-5-4-7-12(14)2/h4-10H,3,11H2,1-2H3,(H,16,17). The van der Waals surface area contributed by atoms with E-state index in [2.05, 4.69) is 17.2 Å². The maximum atomic E-state index is 5.83. The Morgan fingerprint density at radius 1 is 1.17 bits per heavy atom.